The molecule has 3 aliphatic rings. The lowest BCUT2D eigenvalue weighted by Crippen LogP contribution is -2.52. The second-order valence-corrected chi connectivity index (χ2v) is 6.95. The quantitative estimate of drug-likeness (QED) is 0.928. The Morgan fingerprint density at radius 1 is 1.10 bits per heavy atom. The van der Waals surface area contributed by atoms with Gasteiger partial charge in [-0.1, -0.05) is 25.0 Å². The van der Waals surface area contributed by atoms with Gasteiger partial charge < -0.3 is 10.5 Å². The third kappa shape index (κ3) is 2.18. The normalized spacial score (nSPS) is 25.8. The van der Waals surface area contributed by atoms with E-state index in [9.17, 15) is 0 Å². The molecule has 2 fully saturated rings. The molecule has 3 nitrogen and oxygen atoms in total. The van der Waals surface area contributed by atoms with Gasteiger partial charge in [0.25, 0.3) is 0 Å². The van der Waals surface area contributed by atoms with Crippen LogP contribution in [0.1, 0.15) is 55.7 Å². The van der Waals surface area contributed by atoms with Crippen LogP contribution in [0.4, 0.5) is 0 Å². The molecule has 4 rings (SSSR count). The van der Waals surface area contributed by atoms with E-state index >= 15 is 0 Å². The van der Waals surface area contributed by atoms with Crippen molar-refractivity contribution in [2.45, 2.75) is 56.5 Å². The molecule has 0 bridgehead atoms. The number of likely N-dealkylation sites (tertiary alicyclic amines) is 1. The van der Waals surface area contributed by atoms with Gasteiger partial charge >= 0.3 is 0 Å². The number of nitrogens with two attached hydrogens (primary N) is 1. The maximum atomic E-state index is 6.83. The minimum absolute atomic E-state index is 0.143. The van der Waals surface area contributed by atoms with E-state index in [1.807, 2.05) is 0 Å². The lowest BCUT2D eigenvalue weighted by Gasteiger charge is -2.43. The van der Waals surface area contributed by atoms with Gasteiger partial charge in [0.05, 0.1) is 6.61 Å². The smallest absolute Gasteiger partial charge is 0.122 e. The molecule has 1 atom stereocenters. The van der Waals surface area contributed by atoms with Gasteiger partial charge in [-0.15, -0.1) is 0 Å². The SMILES string of the molecule is NC(c1ccc2c(c1)CCO2)C1(N2CCCC2)CCCC1. The Bertz CT molecular complexity index is 516. The predicted octanol–water partition coefficient (Wildman–Crippen LogP) is 3.03. The monoisotopic (exact) mass is 286 g/mol. The molecule has 2 heterocycles. The maximum absolute atomic E-state index is 6.83. The molecule has 1 unspecified atom stereocenters. The van der Waals surface area contributed by atoms with Crippen LogP contribution in [0.5, 0.6) is 5.75 Å². The molecule has 2 aliphatic heterocycles. The Balaban J connectivity index is 1.66. The van der Waals surface area contributed by atoms with Crippen LogP contribution in [0, 0.1) is 0 Å². The summed E-state index contributed by atoms with van der Waals surface area (Å²) in [6, 6.07) is 6.78. The number of nitrogens with zero attached hydrogens (tertiary/aromatic N) is 1. The first-order valence-corrected chi connectivity index (χ1v) is 8.56. The average Bonchev–Trinajstić information content (AvgIpc) is 3.24. The van der Waals surface area contributed by atoms with Crippen LogP contribution < -0.4 is 10.5 Å². The summed E-state index contributed by atoms with van der Waals surface area (Å²) in [7, 11) is 0. The van der Waals surface area contributed by atoms with Crippen LogP contribution in [0.15, 0.2) is 18.2 Å². The van der Waals surface area contributed by atoms with E-state index < -0.39 is 0 Å². The van der Waals surface area contributed by atoms with Crippen LogP contribution >= 0.6 is 0 Å². The summed E-state index contributed by atoms with van der Waals surface area (Å²) in [5.74, 6) is 1.06. The predicted molar refractivity (Wildman–Crippen MR) is 84.6 cm³/mol. The van der Waals surface area contributed by atoms with Crippen molar-refractivity contribution in [2.24, 2.45) is 5.73 Å². The van der Waals surface area contributed by atoms with Crippen molar-refractivity contribution in [3.63, 3.8) is 0 Å². The van der Waals surface area contributed by atoms with E-state index in [1.54, 1.807) is 0 Å². The Morgan fingerprint density at radius 3 is 2.62 bits per heavy atom. The van der Waals surface area contributed by atoms with Gasteiger partial charge in [0.2, 0.25) is 0 Å². The van der Waals surface area contributed by atoms with E-state index in [0.29, 0.717) is 0 Å². The fourth-order valence-corrected chi connectivity index (χ4v) is 4.68. The summed E-state index contributed by atoms with van der Waals surface area (Å²) < 4.78 is 5.63. The second-order valence-electron chi connectivity index (χ2n) is 6.95. The van der Waals surface area contributed by atoms with Crippen LogP contribution in [0.3, 0.4) is 0 Å². The zero-order valence-electron chi connectivity index (χ0n) is 12.8. The van der Waals surface area contributed by atoms with Gasteiger partial charge in [0, 0.05) is 18.0 Å². The molecular formula is C18H26N2O. The van der Waals surface area contributed by atoms with Gasteiger partial charge in [-0.2, -0.15) is 0 Å². The lowest BCUT2D eigenvalue weighted by atomic mass is 9.82. The largest absolute Gasteiger partial charge is 0.493 e. The summed E-state index contributed by atoms with van der Waals surface area (Å²) >= 11 is 0. The first-order chi connectivity index (χ1) is 10.3. The van der Waals surface area contributed by atoms with Gasteiger partial charge in [-0.3, -0.25) is 4.90 Å². The fraction of sp³-hybridized carbons (Fsp3) is 0.667. The highest BCUT2D eigenvalue weighted by molar-refractivity contribution is 5.41. The van der Waals surface area contributed by atoms with E-state index in [0.717, 1.165) is 18.8 Å². The van der Waals surface area contributed by atoms with Crippen LogP contribution in [0.2, 0.25) is 0 Å². The first kappa shape index (κ1) is 13.6. The third-order valence-electron chi connectivity index (χ3n) is 5.86. The molecular weight excluding hydrogens is 260 g/mol. The highest BCUT2D eigenvalue weighted by Gasteiger charge is 2.45. The summed E-state index contributed by atoms with van der Waals surface area (Å²) in [6.45, 7) is 3.30. The zero-order valence-corrected chi connectivity index (χ0v) is 12.8. The van der Waals surface area contributed by atoms with Crippen LogP contribution in [-0.4, -0.2) is 30.1 Å². The molecule has 1 aromatic rings. The molecule has 0 spiro atoms. The molecule has 0 radical (unpaired) electrons. The zero-order chi connectivity index (χ0) is 14.3. The topological polar surface area (TPSA) is 38.5 Å². The summed E-state index contributed by atoms with van der Waals surface area (Å²) in [5, 5.41) is 0. The number of fused-ring (bicyclic) bond motifs is 1. The minimum atomic E-state index is 0.143. The standard InChI is InChI=1S/C18H26N2O/c19-17(15-5-6-16-14(13-15)7-12-21-16)18(8-1-2-9-18)20-10-3-4-11-20/h5-6,13,17H,1-4,7-12,19H2. The molecule has 21 heavy (non-hydrogen) atoms. The van der Waals surface area contributed by atoms with Gasteiger partial charge in [0.15, 0.2) is 0 Å². The van der Waals surface area contributed by atoms with Gasteiger partial charge in [0.1, 0.15) is 5.75 Å². The Labute approximate surface area is 127 Å². The molecule has 1 saturated heterocycles. The summed E-state index contributed by atoms with van der Waals surface area (Å²) in [4.78, 5) is 2.70. The van der Waals surface area contributed by atoms with E-state index in [-0.39, 0.29) is 11.6 Å². The second kappa shape index (κ2) is 5.29. The molecule has 1 saturated carbocycles. The van der Waals surface area contributed by atoms with Crippen LogP contribution in [-0.2, 0) is 6.42 Å². The third-order valence-corrected chi connectivity index (χ3v) is 5.86. The van der Waals surface area contributed by atoms with Crippen molar-refractivity contribution in [1.82, 2.24) is 4.90 Å². The fourth-order valence-electron chi connectivity index (χ4n) is 4.68. The molecule has 0 aromatic heterocycles. The summed E-state index contributed by atoms with van der Waals surface area (Å²) in [5.41, 5.74) is 9.70. The number of benzene rings is 1. The Morgan fingerprint density at radius 2 is 1.86 bits per heavy atom. The summed E-state index contributed by atoms with van der Waals surface area (Å²) in [6.07, 6.45) is 8.91. The Kier molecular flexibility index (Phi) is 3.43. The number of hydrogen-bond acceptors (Lipinski definition) is 3. The number of ether oxygens (including phenoxy) is 1. The maximum Gasteiger partial charge on any atom is 0.122 e. The molecule has 1 aliphatic carbocycles. The molecule has 0 amide bonds. The number of rotatable bonds is 3. The van der Waals surface area contributed by atoms with E-state index in [4.69, 9.17) is 10.5 Å². The van der Waals surface area contributed by atoms with Crippen molar-refractivity contribution in [2.75, 3.05) is 19.7 Å². The van der Waals surface area contributed by atoms with Crippen LogP contribution in [0.25, 0.3) is 0 Å². The van der Waals surface area contributed by atoms with Gasteiger partial charge in [-0.05, 0) is 56.0 Å². The van der Waals surface area contributed by atoms with Crippen molar-refractivity contribution < 1.29 is 4.74 Å². The molecule has 2 N–H and O–H groups in total. The first-order valence-electron chi connectivity index (χ1n) is 8.56. The van der Waals surface area contributed by atoms with Crippen molar-refractivity contribution in [3.8, 4) is 5.75 Å². The molecule has 3 heteroatoms. The van der Waals surface area contributed by atoms with Crippen molar-refractivity contribution >= 4 is 0 Å². The highest BCUT2D eigenvalue weighted by atomic mass is 16.5. The minimum Gasteiger partial charge on any atom is -0.493 e. The Hall–Kier alpha value is -1.06. The lowest BCUT2D eigenvalue weighted by molar-refractivity contribution is 0.0921. The molecule has 114 valence electrons. The van der Waals surface area contributed by atoms with E-state index in [2.05, 4.69) is 23.1 Å². The highest BCUT2D eigenvalue weighted by Crippen LogP contribution is 2.45. The van der Waals surface area contributed by atoms with Gasteiger partial charge in [-0.25, -0.2) is 0 Å². The number of hydrogen-bond donors (Lipinski definition) is 1. The van der Waals surface area contributed by atoms with E-state index in [1.165, 1.54) is 62.7 Å². The van der Waals surface area contributed by atoms with Crippen molar-refractivity contribution in [3.05, 3.63) is 29.3 Å². The average molecular weight is 286 g/mol. The molecule has 1 aromatic carbocycles. The van der Waals surface area contributed by atoms with Crippen molar-refractivity contribution in [1.29, 1.82) is 0 Å².